The zero-order valence-corrected chi connectivity index (χ0v) is 10.1. The van der Waals surface area contributed by atoms with E-state index < -0.39 is 0 Å². The maximum absolute atomic E-state index is 11.6. The Bertz CT molecular complexity index is 253. The van der Waals surface area contributed by atoms with Crippen LogP contribution in [0.3, 0.4) is 0 Å². The third-order valence-electron chi connectivity index (χ3n) is 3.24. The summed E-state index contributed by atoms with van der Waals surface area (Å²) in [5.41, 5.74) is 0. The number of rotatable bonds is 4. The molecule has 0 heterocycles. The minimum Gasteiger partial charge on any atom is -0.469 e. The Balaban J connectivity index is 2.24. The smallest absolute Gasteiger partial charge is 0.306 e. The molecule has 0 aliphatic heterocycles. The van der Waals surface area contributed by atoms with Crippen LogP contribution in [-0.4, -0.2) is 25.0 Å². The van der Waals surface area contributed by atoms with Crippen LogP contribution in [-0.2, 0) is 14.3 Å². The highest BCUT2D eigenvalue weighted by Crippen LogP contribution is 2.23. The molecule has 1 saturated carbocycles. The molecule has 4 heteroatoms. The van der Waals surface area contributed by atoms with Crippen LogP contribution in [0.25, 0.3) is 0 Å². The molecule has 1 aliphatic carbocycles. The van der Waals surface area contributed by atoms with Crippen molar-refractivity contribution in [2.24, 2.45) is 5.92 Å². The molecular weight excluding hydrogens is 206 g/mol. The maximum atomic E-state index is 11.6. The SMILES string of the molecule is COC(=O)CCC(=O)N[C@H]1CCCC[C@H]1C. The second kappa shape index (κ2) is 6.51. The summed E-state index contributed by atoms with van der Waals surface area (Å²) < 4.78 is 4.49. The first-order valence-electron chi connectivity index (χ1n) is 5.99. The summed E-state index contributed by atoms with van der Waals surface area (Å²) in [6.07, 6.45) is 5.09. The molecule has 16 heavy (non-hydrogen) atoms. The lowest BCUT2D eigenvalue weighted by molar-refractivity contribution is -0.142. The van der Waals surface area contributed by atoms with E-state index in [1.807, 2.05) is 0 Å². The van der Waals surface area contributed by atoms with Gasteiger partial charge in [-0.1, -0.05) is 19.8 Å². The Labute approximate surface area is 96.7 Å². The molecule has 0 bridgehead atoms. The first-order valence-corrected chi connectivity index (χ1v) is 5.99. The van der Waals surface area contributed by atoms with Crippen molar-refractivity contribution in [3.8, 4) is 0 Å². The topological polar surface area (TPSA) is 55.4 Å². The van der Waals surface area contributed by atoms with Crippen LogP contribution in [0.4, 0.5) is 0 Å². The van der Waals surface area contributed by atoms with Crippen molar-refractivity contribution in [2.75, 3.05) is 7.11 Å². The van der Waals surface area contributed by atoms with E-state index in [-0.39, 0.29) is 24.7 Å². The molecule has 1 aliphatic rings. The average molecular weight is 227 g/mol. The van der Waals surface area contributed by atoms with Gasteiger partial charge >= 0.3 is 5.97 Å². The van der Waals surface area contributed by atoms with Gasteiger partial charge in [-0.15, -0.1) is 0 Å². The summed E-state index contributed by atoms with van der Waals surface area (Å²) in [7, 11) is 1.34. The Hall–Kier alpha value is -1.06. The van der Waals surface area contributed by atoms with Crippen molar-refractivity contribution < 1.29 is 14.3 Å². The van der Waals surface area contributed by atoms with Crippen LogP contribution < -0.4 is 5.32 Å². The van der Waals surface area contributed by atoms with E-state index in [2.05, 4.69) is 17.0 Å². The van der Waals surface area contributed by atoms with Gasteiger partial charge in [0.25, 0.3) is 0 Å². The molecule has 4 nitrogen and oxygen atoms in total. The predicted octanol–water partition coefficient (Wildman–Crippen LogP) is 1.63. The van der Waals surface area contributed by atoms with Crippen LogP contribution in [0.2, 0.25) is 0 Å². The molecule has 0 radical (unpaired) electrons. The Morgan fingerprint density at radius 3 is 2.56 bits per heavy atom. The van der Waals surface area contributed by atoms with Gasteiger partial charge in [0.1, 0.15) is 0 Å². The van der Waals surface area contributed by atoms with Crippen LogP contribution in [0.1, 0.15) is 45.4 Å². The van der Waals surface area contributed by atoms with Gasteiger partial charge < -0.3 is 10.1 Å². The highest BCUT2D eigenvalue weighted by atomic mass is 16.5. The van der Waals surface area contributed by atoms with E-state index in [1.54, 1.807) is 0 Å². The normalized spacial score (nSPS) is 24.9. The number of esters is 1. The largest absolute Gasteiger partial charge is 0.469 e. The fourth-order valence-electron chi connectivity index (χ4n) is 2.13. The maximum Gasteiger partial charge on any atom is 0.306 e. The summed E-state index contributed by atoms with van der Waals surface area (Å²) in [5, 5.41) is 3.00. The van der Waals surface area contributed by atoms with Gasteiger partial charge in [0.05, 0.1) is 13.5 Å². The molecule has 0 saturated heterocycles. The summed E-state index contributed by atoms with van der Waals surface area (Å²) in [6.45, 7) is 2.17. The fourth-order valence-corrected chi connectivity index (χ4v) is 2.13. The molecular formula is C12H21NO3. The Morgan fingerprint density at radius 1 is 1.25 bits per heavy atom. The van der Waals surface area contributed by atoms with Crippen molar-refractivity contribution in [1.29, 1.82) is 0 Å². The molecule has 0 spiro atoms. The number of hydrogen-bond acceptors (Lipinski definition) is 3. The second-order valence-corrected chi connectivity index (χ2v) is 4.51. The molecule has 2 atom stereocenters. The van der Waals surface area contributed by atoms with Crippen molar-refractivity contribution in [3.05, 3.63) is 0 Å². The minimum atomic E-state index is -0.327. The van der Waals surface area contributed by atoms with Crippen molar-refractivity contribution in [3.63, 3.8) is 0 Å². The van der Waals surface area contributed by atoms with E-state index in [1.165, 1.54) is 26.4 Å². The molecule has 1 N–H and O–H groups in total. The van der Waals surface area contributed by atoms with Gasteiger partial charge in [0, 0.05) is 12.5 Å². The summed E-state index contributed by atoms with van der Waals surface area (Å²) in [6, 6.07) is 0.291. The number of hydrogen-bond donors (Lipinski definition) is 1. The van der Waals surface area contributed by atoms with E-state index in [0.717, 1.165) is 6.42 Å². The molecule has 0 aromatic heterocycles. The van der Waals surface area contributed by atoms with Crippen molar-refractivity contribution in [1.82, 2.24) is 5.32 Å². The average Bonchev–Trinajstić information content (AvgIpc) is 2.29. The summed E-state index contributed by atoms with van der Waals surface area (Å²) in [4.78, 5) is 22.4. The van der Waals surface area contributed by atoms with Crippen LogP contribution in [0.5, 0.6) is 0 Å². The monoisotopic (exact) mass is 227 g/mol. The lowest BCUT2D eigenvalue weighted by Gasteiger charge is -2.29. The quantitative estimate of drug-likeness (QED) is 0.743. The van der Waals surface area contributed by atoms with Gasteiger partial charge in [-0.2, -0.15) is 0 Å². The molecule has 1 rings (SSSR count). The molecule has 1 fully saturated rings. The van der Waals surface area contributed by atoms with Gasteiger partial charge in [-0.05, 0) is 18.8 Å². The van der Waals surface area contributed by atoms with E-state index in [9.17, 15) is 9.59 Å². The highest BCUT2D eigenvalue weighted by Gasteiger charge is 2.22. The van der Waals surface area contributed by atoms with Crippen LogP contribution in [0, 0.1) is 5.92 Å². The predicted molar refractivity (Wildman–Crippen MR) is 60.8 cm³/mol. The molecule has 0 unspecified atom stereocenters. The van der Waals surface area contributed by atoms with E-state index >= 15 is 0 Å². The van der Waals surface area contributed by atoms with E-state index in [0.29, 0.717) is 12.0 Å². The lowest BCUT2D eigenvalue weighted by atomic mass is 9.86. The first kappa shape index (κ1) is 13.0. The van der Waals surface area contributed by atoms with Gasteiger partial charge in [0.2, 0.25) is 5.91 Å². The second-order valence-electron chi connectivity index (χ2n) is 4.51. The van der Waals surface area contributed by atoms with Crippen molar-refractivity contribution >= 4 is 11.9 Å². The van der Waals surface area contributed by atoms with Crippen molar-refractivity contribution in [2.45, 2.75) is 51.5 Å². The Morgan fingerprint density at radius 2 is 1.94 bits per heavy atom. The number of nitrogens with one attached hydrogen (secondary N) is 1. The van der Waals surface area contributed by atoms with Crippen LogP contribution in [0.15, 0.2) is 0 Å². The lowest BCUT2D eigenvalue weighted by Crippen LogP contribution is -2.41. The Kier molecular flexibility index (Phi) is 5.29. The first-order chi connectivity index (χ1) is 7.63. The number of methoxy groups -OCH3 is 1. The van der Waals surface area contributed by atoms with Gasteiger partial charge in [0.15, 0.2) is 0 Å². The van der Waals surface area contributed by atoms with Gasteiger partial charge in [-0.25, -0.2) is 0 Å². The third-order valence-corrected chi connectivity index (χ3v) is 3.24. The highest BCUT2D eigenvalue weighted by molar-refractivity contribution is 5.81. The molecule has 0 aromatic rings. The molecule has 0 aromatic carbocycles. The number of carbonyl (C=O) groups is 2. The minimum absolute atomic E-state index is 0.0378. The van der Waals surface area contributed by atoms with E-state index in [4.69, 9.17) is 0 Å². The van der Waals surface area contributed by atoms with Crippen LogP contribution >= 0.6 is 0 Å². The van der Waals surface area contributed by atoms with Gasteiger partial charge in [-0.3, -0.25) is 9.59 Å². The fraction of sp³-hybridized carbons (Fsp3) is 0.833. The summed E-state index contributed by atoms with van der Waals surface area (Å²) >= 11 is 0. The molecule has 92 valence electrons. The zero-order valence-electron chi connectivity index (χ0n) is 10.1. The third kappa shape index (κ3) is 4.21. The number of carbonyl (C=O) groups excluding carboxylic acids is 2. The summed E-state index contributed by atoms with van der Waals surface area (Å²) in [5.74, 6) is 0.187. The zero-order chi connectivity index (χ0) is 12.0. The number of ether oxygens (including phenoxy) is 1. The standard InChI is InChI=1S/C12H21NO3/c1-9-5-3-4-6-10(9)13-11(14)7-8-12(15)16-2/h9-10H,3-8H2,1-2H3,(H,13,14)/t9-,10+/m1/s1. The molecule has 1 amide bonds. The number of amides is 1.